The van der Waals surface area contributed by atoms with E-state index in [1.807, 2.05) is 0 Å². The van der Waals surface area contributed by atoms with Crippen molar-refractivity contribution >= 4 is 39.1 Å². The lowest BCUT2D eigenvalue weighted by Gasteiger charge is -2.46. The van der Waals surface area contributed by atoms with E-state index in [-0.39, 0.29) is 10.9 Å². The Hall–Kier alpha value is 1.02. The average Bonchev–Trinajstić information content (AvgIpc) is 2.15. The molecule has 82 valence electrons. The number of piperidine rings is 1. The van der Waals surface area contributed by atoms with Crippen LogP contribution in [0.15, 0.2) is 0 Å². The molecular formula is C10H16BrCl2N. The van der Waals surface area contributed by atoms with Gasteiger partial charge >= 0.3 is 0 Å². The number of hydrogen-bond acceptors (Lipinski definition) is 1. The minimum absolute atomic E-state index is 0.190. The number of rotatable bonds is 0. The van der Waals surface area contributed by atoms with Crippen LogP contribution >= 0.6 is 39.1 Å². The van der Waals surface area contributed by atoms with Crippen molar-refractivity contribution in [3.05, 3.63) is 0 Å². The predicted octanol–water partition coefficient (Wildman–Crippen LogP) is 3.28. The Bertz CT molecular complexity index is 214. The normalized spacial score (nSPS) is 50.1. The summed E-state index contributed by atoms with van der Waals surface area (Å²) in [4.78, 5) is 2.73. The Morgan fingerprint density at radius 2 is 2.00 bits per heavy atom. The van der Waals surface area contributed by atoms with Crippen LogP contribution in [0.2, 0.25) is 0 Å². The number of nitrogens with zero attached hydrogens (tertiary/aromatic N) is 1. The fourth-order valence-electron chi connectivity index (χ4n) is 2.70. The molecule has 1 aliphatic heterocycles. The SMILES string of the molecule is CN1CCC2CC(Br)C(Cl)CC2C1Cl. The highest BCUT2D eigenvalue weighted by Gasteiger charge is 2.42. The maximum atomic E-state index is 6.41. The van der Waals surface area contributed by atoms with Gasteiger partial charge in [-0.2, -0.15) is 0 Å². The maximum absolute atomic E-state index is 6.41. The van der Waals surface area contributed by atoms with Crippen LogP contribution in [0.4, 0.5) is 0 Å². The highest BCUT2D eigenvalue weighted by Crippen LogP contribution is 2.44. The quantitative estimate of drug-likeness (QED) is 0.490. The minimum atomic E-state index is 0.190. The highest BCUT2D eigenvalue weighted by atomic mass is 79.9. The topological polar surface area (TPSA) is 3.24 Å². The molecule has 4 heteroatoms. The second-order valence-corrected chi connectivity index (χ2v) is 6.75. The van der Waals surface area contributed by atoms with Crippen LogP contribution in [0.5, 0.6) is 0 Å². The molecular weight excluding hydrogens is 285 g/mol. The first-order chi connectivity index (χ1) is 6.59. The maximum Gasteiger partial charge on any atom is 0.0879 e. The van der Waals surface area contributed by atoms with Crippen LogP contribution in [0.1, 0.15) is 19.3 Å². The molecule has 1 nitrogen and oxygen atoms in total. The summed E-state index contributed by atoms with van der Waals surface area (Å²) in [6.45, 7) is 1.13. The Kier molecular flexibility index (Phi) is 3.69. The lowest BCUT2D eigenvalue weighted by Crippen LogP contribution is -2.48. The molecule has 1 saturated heterocycles. The van der Waals surface area contributed by atoms with E-state index < -0.39 is 0 Å². The second kappa shape index (κ2) is 4.48. The monoisotopic (exact) mass is 299 g/mol. The van der Waals surface area contributed by atoms with Crippen molar-refractivity contribution in [3.63, 3.8) is 0 Å². The van der Waals surface area contributed by atoms with Crippen LogP contribution < -0.4 is 0 Å². The Balaban J connectivity index is 2.06. The summed E-state index contributed by atoms with van der Waals surface area (Å²) in [6, 6.07) is 0. The molecule has 1 aliphatic carbocycles. The lowest BCUT2D eigenvalue weighted by molar-refractivity contribution is 0.0871. The Morgan fingerprint density at radius 3 is 2.71 bits per heavy atom. The van der Waals surface area contributed by atoms with Gasteiger partial charge in [0, 0.05) is 10.2 Å². The third kappa shape index (κ3) is 2.09. The molecule has 0 bridgehead atoms. The van der Waals surface area contributed by atoms with Gasteiger partial charge in [-0.1, -0.05) is 15.9 Å². The first-order valence-corrected chi connectivity index (χ1v) is 7.01. The molecule has 14 heavy (non-hydrogen) atoms. The third-order valence-corrected chi connectivity index (χ3v) is 6.11. The van der Waals surface area contributed by atoms with Crippen molar-refractivity contribution in [2.45, 2.75) is 35.0 Å². The van der Waals surface area contributed by atoms with Gasteiger partial charge in [0.1, 0.15) is 0 Å². The summed E-state index contributed by atoms with van der Waals surface area (Å²) in [5.74, 6) is 1.36. The molecule has 2 rings (SSSR count). The molecule has 0 N–H and O–H groups in total. The molecule has 2 fully saturated rings. The molecule has 5 atom stereocenters. The predicted molar refractivity (Wildman–Crippen MR) is 65.5 cm³/mol. The van der Waals surface area contributed by atoms with E-state index in [0.717, 1.165) is 18.9 Å². The van der Waals surface area contributed by atoms with Gasteiger partial charge in [0.2, 0.25) is 0 Å². The van der Waals surface area contributed by atoms with Crippen LogP contribution in [-0.2, 0) is 0 Å². The first kappa shape index (κ1) is 11.5. The van der Waals surface area contributed by atoms with Gasteiger partial charge in [-0.15, -0.1) is 23.2 Å². The van der Waals surface area contributed by atoms with E-state index in [9.17, 15) is 0 Å². The third-order valence-electron chi connectivity index (χ3n) is 3.65. The van der Waals surface area contributed by atoms with E-state index in [0.29, 0.717) is 10.7 Å². The van der Waals surface area contributed by atoms with Gasteiger partial charge < -0.3 is 0 Å². The van der Waals surface area contributed by atoms with Crippen molar-refractivity contribution in [3.8, 4) is 0 Å². The zero-order valence-electron chi connectivity index (χ0n) is 8.30. The minimum Gasteiger partial charge on any atom is -0.290 e. The standard InChI is InChI=1S/C10H16BrCl2N/c1-14-3-2-6-4-8(11)9(12)5-7(6)10(14)13/h6-10H,2-5H2,1H3. The van der Waals surface area contributed by atoms with E-state index in [2.05, 4.69) is 27.9 Å². The summed E-state index contributed by atoms with van der Waals surface area (Å²) in [6.07, 6.45) is 3.52. The number of hydrogen-bond donors (Lipinski definition) is 0. The van der Waals surface area contributed by atoms with Gasteiger partial charge in [-0.05, 0) is 44.7 Å². The van der Waals surface area contributed by atoms with Crippen LogP contribution in [0.3, 0.4) is 0 Å². The summed E-state index contributed by atoms with van der Waals surface area (Å²) in [5.41, 5.74) is 0.190. The molecule has 1 saturated carbocycles. The van der Waals surface area contributed by atoms with E-state index >= 15 is 0 Å². The molecule has 0 aromatic rings. The van der Waals surface area contributed by atoms with Gasteiger partial charge in [-0.25, -0.2) is 0 Å². The molecule has 0 spiro atoms. The number of halogens is 3. The Morgan fingerprint density at radius 1 is 1.29 bits per heavy atom. The van der Waals surface area contributed by atoms with E-state index in [1.165, 1.54) is 12.8 Å². The smallest absolute Gasteiger partial charge is 0.0879 e. The van der Waals surface area contributed by atoms with Gasteiger partial charge in [0.05, 0.1) is 5.50 Å². The van der Waals surface area contributed by atoms with Crippen molar-refractivity contribution < 1.29 is 0 Å². The molecule has 0 radical (unpaired) electrons. The van der Waals surface area contributed by atoms with Crippen molar-refractivity contribution in [2.24, 2.45) is 11.8 Å². The second-order valence-electron chi connectivity index (χ2n) is 4.57. The van der Waals surface area contributed by atoms with Crippen LogP contribution in [0.25, 0.3) is 0 Å². The van der Waals surface area contributed by atoms with Gasteiger partial charge in [-0.3, -0.25) is 4.90 Å². The zero-order chi connectivity index (χ0) is 10.3. The average molecular weight is 301 g/mol. The fraction of sp³-hybridized carbons (Fsp3) is 1.00. The summed E-state index contributed by atoms with van der Waals surface area (Å²) < 4.78 is 0. The van der Waals surface area contributed by atoms with Crippen molar-refractivity contribution in [2.75, 3.05) is 13.6 Å². The highest BCUT2D eigenvalue weighted by molar-refractivity contribution is 9.09. The fourth-order valence-corrected chi connectivity index (χ4v) is 4.11. The van der Waals surface area contributed by atoms with Gasteiger partial charge in [0.25, 0.3) is 0 Å². The number of alkyl halides is 3. The number of likely N-dealkylation sites (tertiary alicyclic amines) is 1. The van der Waals surface area contributed by atoms with Crippen LogP contribution in [0, 0.1) is 11.8 Å². The number of fused-ring (bicyclic) bond motifs is 1. The molecule has 0 amide bonds. The lowest BCUT2D eigenvalue weighted by atomic mass is 9.75. The molecule has 5 unspecified atom stereocenters. The van der Waals surface area contributed by atoms with Gasteiger partial charge in [0.15, 0.2) is 0 Å². The van der Waals surface area contributed by atoms with Crippen LogP contribution in [-0.4, -0.2) is 34.2 Å². The summed E-state index contributed by atoms with van der Waals surface area (Å²) >= 11 is 16.3. The Labute approximate surface area is 104 Å². The molecule has 0 aromatic carbocycles. The molecule has 0 aromatic heterocycles. The van der Waals surface area contributed by atoms with E-state index in [1.54, 1.807) is 0 Å². The largest absolute Gasteiger partial charge is 0.290 e. The molecule has 1 heterocycles. The van der Waals surface area contributed by atoms with Crippen molar-refractivity contribution in [1.82, 2.24) is 4.90 Å². The summed E-state index contributed by atoms with van der Waals surface area (Å²) in [5, 5.41) is 0.254. The summed E-state index contributed by atoms with van der Waals surface area (Å²) in [7, 11) is 2.11. The zero-order valence-corrected chi connectivity index (χ0v) is 11.4. The first-order valence-electron chi connectivity index (χ1n) is 5.22. The van der Waals surface area contributed by atoms with E-state index in [4.69, 9.17) is 23.2 Å². The van der Waals surface area contributed by atoms with Crippen molar-refractivity contribution in [1.29, 1.82) is 0 Å². The molecule has 2 aliphatic rings.